The van der Waals surface area contributed by atoms with Crippen molar-refractivity contribution < 1.29 is 14.7 Å². The van der Waals surface area contributed by atoms with Crippen LogP contribution in [0, 0.1) is 10.8 Å². The number of aromatic carboxylic acids is 1. The molecule has 0 aliphatic heterocycles. The highest BCUT2D eigenvalue weighted by Gasteiger charge is 2.65. The van der Waals surface area contributed by atoms with E-state index in [2.05, 4.69) is 43.3 Å². The number of aromatic nitrogens is 1. The fourth-order valence-electron chi connectivity index (χ4n) is 2.57. The Balaban J connectivity index is 1.92. The molecule has 1 fully saturated rings. The molecule has 0 spiro atoms. The summed E-state index contributed by atoms with van der Waals surface area (Å²) in [5.74, 6) is -1.06. The van der Waals surface area contributed by atoms with Crippen molar-refractivity contribution in [3.63, 3.8) is 0 Å². The van der Waals surface area contributed by atoms with Gasteiger partial charge in [0.1, 0.15) is 5.01 Å². The predicted octanol–water partition coefficient (Wildman–Crippen LogP) is 2.64. The molecule has 1 aromatic heterocycles. The van der Waals surface area contributed by atoms with Crippen LogP contribution in [0.25, 0.3) is 0 Å². The number of nitrogens with zero attached hydrogens (tertiary/aromatic N) is 1. The number of hydrogen-bond acceptors (Lipinski definition) is 4. The number of carbonyl (C=O) groups is 2. The molecule has 6 nitrogen and oxygen atoms in total. The van der Waals surface area contributed by atoms with Gasteiger partial charge in [-0.25, -0.2) is 14.6 Å². The summed E-state index contributed by atoms with van der Waals surface area (Å²) >= 11 is 1.23. The standard InChI is InChI=1S/C14H21N3O3S/c1-7(9-16-8(6-21-9)10(18)19)15-12(20)17-11-13(2,3)14(11,4)5/h6-7,11H,1-5H3,(H,18,19)(H2,15,17,20). The number of hydrogen-bond donors (Lipinski definition) is 3. The van der Waals surface area contributed by atoms with E-state index in [0.717, 1.165) is 0 Å². The first kappa shape index (κ1) is 15.8. The van der Waals surface area contributed by atoms with Gasteiger partial charge in [0.05, 0.1) is 6.04 Å². The van der Waals surface area contributed by atoms with Crippen LogP contribution in [0.2, 0.25) is 0 Å². The summed E-state index contributed by atoms with van der Waals surface area (Å²) in [6.07, 6.45) is 0. The van der Waals surface area contributed by atoms with Gasteiger partial charge in [-0.3, -0.25) is 0 Å². The highest BCUT2D eigenvalue weighted by molar-refractivity contribution is 7.09. The lowest BCUT2D eigenvalue weighted by molar-refractivity contribution is 0.0691. The minimum Gasteiger partial charge on any atom is -0.476 e. The molecule has 0 saturated heterocycles. The fourth-order valence-corrected chi connectivity index (χ4v) is 3.37. The van der Waals surface area contributed by atoms with Gasteiger partial charge in [0.25, 0.3) is 0 Å². The molecule has 1 aliphatic rings. The summed E-state index contributed by atoms with van der Waals surface area (Å²) in [7, 11) is 0. The average Bonchev–Trinajstić information content (AvgIpc) is 2.78. The van der Waals surface area contributed by atoms with E-state index in [-0.39, 0.29) is 34.6 Å². The second-order valence-electron chi connectivity index (χ2n) is 6.59. The molecule has 7 heteroatoms. The molecular formula is C14H21N3O3S. The molecule has 0 radical (unpaired) electrons. The molecule has 1 aliphatic carbocycles. The van der Waals surface area contributed by atoms with Gasteiger partial charge in [0.15, 0.2) is 5.69 Å². The van der Waals surface area contributed by atoms with Crippen molar-refractivity contribution in [3.8, 4) is 0 Å². The second-order valence-corrected chi connectivity index (χ2v) is 7.48. The lowest BCUT2D eigenvalue weighted by Crippen LogP contribution is -2.40. The van der Waals surface area contributed by atoms with E-state index < -0.39 is 5.97 Å². The normalized spacial score (nSPS) is 20.6. The monoisotopic (exact) mass is 311 g/mol. The summed E-state index contributed by atoms with van der Waals surface area (Å²) in [6, 6.07) is -0.450. The summed E-state index contributed by atoms with van der Waals surface area (Å²) in [5.41, 5.74) is 0.157. The van der Waals surface area contributed by atoms with Gasteiger partial charge >= 0.3 is 12.0 Å². The number of thiazole rings is 1. The van der Waals surface area contributed by atoms with E-state index >= 15 is 0 Å². The van der Waals surface area contributed by atoms with Crippen LogP contribution in [0.15, 0.2) is 5.38 Å². The summed E-state index contributed by atoms with van der Waals surface area (Å²) < 4.78 is 0. The largest absolute Gasteiger partial charge is 0.476 e. The second kappa shape index (κ2) is 4.98. The van der Waals surface area contributed by atoms with Crippen LogP contribution in [-0.2, 0) is 0 Å². The van der Waals surface area contributed by atoms with Crippen molar-refractivity contribution in [2.75, 3.05) is 0 Å². The van der Waals surface area contributed by atoms with Gasteiger partial charge in [-0.05, 0) is 17.8 Å². The number of amides is 2. The smallest absolute Gasteiger partial charge is 0.355 e. The zero-order valence-electron chi connectivity index (χ0n) is 12.9. The van der Waals surface area contributed by atoms with E-state index in [9.17, 15) is 9.59 Å². The number of carbonyl (C=O) groups excluding carboxylic acids is 1. The van der Waals surface area contributed by atoms with Gasteiger partial charge in [0, 0.05) is 11.4 Å². The molecule has 3 N–H and O–H groups in total. The highest BCUT2D eigenvalue weighted by atomic mass is 32.1. The number of nitrogens with one attached hydrogen (secondary N) is 2. The van der Waals surface area contributed by atoms with Gasteiger partial charge in [-0.1, -0.05) is 27.7 Å². The Kier molecular flexibility index (Phi) is 3.73. The topological polar surface area (TPSA) is 91.3 Å². The summed E-state index contributed by atoms with van der Waals surface area (Å²) in [4.78, 5) is 26.8. The SMILES string of the molecule is CC(NC(=O)NC1C(C)(C)C1(C)C)c1nc(C(=O)O)cs1. The molecule has 1 heterocycles. The summed E-state index contributed by atoms with van der Waals surface area (Å²) in [5, 5.41) is 16.7. The first-order valence-electron chi connectivity index (χ1n) is 6.83. The Morgan fingerprint density at radius 2 is 1.90 bits per heavy atom. The van der Waals surface area contributed by atoms with Crippen LogP contribution >= 0.6 is 11.3 Å². The van der Waals surface area contributed by atoms with Crippen LogP contribution in [0.3, 0.4) is 0 Å². The van der Waals surface area contributed by atoms with Crippen LogP contribution in [0.4, 0.5) is 4.79 Å². The fraction of sp³-hybridized carbons (Fsp3) is 0.643. The maximum Gasteiger partial charge on any atom is 0.355 e. The molecule has 1 atom stereocenters. The van der Waals surface area contributed by atoms with Crippen LogP contribution in [-0.4, -0.2) is 28.1 Å². The zero-order chi connectivity index (χ0) is 16.0. The van der Waals surface area contributed by atoms with E-state index in [1.54, 1.807) is 6.92 Å². The van der Waals surface area contributed by atoms with Crippen molar-refractivity contribution in [2.24, 2.45) is 10.8 Å². The van der Waals surface area contributed by atoms with Crippen LogP contribution in [0.5, 0.6) is 0 Å². The minimum absolute atomic E-state index is 0.00789. The molecule has 0 bridgehead atoms. The molecule has 0 aromatic carbocycles. The molecule has 116 valence electrons. The molecular weight excluding hydrogens is 290 g/mol. The first-order chi connectivity index (χ1) is 9.57. The van der Waals surface area contributed by atoms with E-state index in [1.807, 2.05) is 0 Å². The third-order valence-corrected chi connectivity index (χ3v) is 5.78. The van der Waals surface area contributed by atoms with E-state index in [0.29, 0.717) is 5.01 Å². The quantitative estimate of drug-likeness (QED) is 0.797. The molecule has 21 heavy (non-hydrogen) atoms. The van der Waals surface area contributed by atoms with E-state index in [1.165, 1.54) is 16.7 Å². The minimum atomic E-state index is -1.06. The van der Waals surface area contributed by atoms with Gasteiger partial charge in [0.2, 0.25) is 0 Å². The Morgan fingerprint density at radius 3 is 2.33 bits per heavy atom. The number of carboxylic acid groups (broad SMARTS) is 1. The van der Waals surface area contributed by atoms with Crippen molar-refractivity contribution in [2.45, 2.75) is 46.7 Å². The van der Waals surface area contributed by atoms with Crippen molar-refractivity contribution in [3.05, 3.63) is 16.1 Å². The Morgan fingerprint density at radius 1 is 1.33 bits per heavy atom. The summed E-state index contributed by atoms with van der Waals surface area (Å²) in [6.45, 7) is 10.3. The van der Waals surface area contributed by atoms with Crippen LogP contribution < -0.4 is 10.6 Å². The lowest BCUT2D eigenvalue weighted by Gasteiger charge is -2.13. The van der Waals surface area contributed by atoms with E-state index in [4.69, 9.17) is 5.11 Å². The Labute approximate surface area is 128 Å². The van der Waals surface area contributed by atoms with Gasteiger partial charge in [-0.2, -0.15) is 0 Å². The molecule has 2 rings (SSSR count). The van der Waals surface area contributed by atoms with Gasteiger partial charge < -0.3 is 15.7 Å². The van der Waals surface area contributed by atoms with Gasteiger partial charge in [-0.15, -0.1) is 11.3 Å². The lowest BCUT2D eigenvalue weighted by atomic mass is 10.0. The molecule has 1 saturated carbocycles. The first-order valence-corrected chi connectivity index (χ1v) is 7.71. The van der Waals surface area contributed by atoms with Crippen molar-refractivity contribution in [1.82, 2.24) is 15.6 Å². The van der Waals surface area contributed by atoms with Crippen LogP contribution in [0.1, 0.15) is 56.2 Å². The maximum absolute atomic E-state index is 12.0. The molecule has 1 unspecified atom stereocenters. The third kappa shape index (κ3) is 2.74. The number of rotatable bonds is 4. The highest BCUT2D eigenvalue weighted by Crippen LogP contribution is 2.62. The third-order valence-electron chi connectivity index (χ3n) is 4.76. The number of urea groups is 1. The zero-order valence-corrected chi connectivity index (χ0v) is 13.7. The van der Waals surface area contributed by atoms with Crippen molar-refractivity contribution >= 4 is 23.3 Å². The van der Waals surface area contributed by atoms with Crippen molar-refractivity contribution in [1.29, 1.82) is 0 Å². The Hall–Kier alpha value is -1.63. The Bertz CT molecular complexity index is 566. The maximum atomic E-state index is 12.0. The average molecular weight is 311 g/mol. The number of carboxylic acids is 1. The predicted molar refractivity (Wildman–Crippen MR) is 80.5 cm³/mol. The molecule has 2 amide bonds. The molecule has 1 aromatic rings.